The fraction of sp³-hybridized carbons (Fsp3) is 0.429. The van der Waals surface area contributed by atoms with Crippen LogP contribution in [0.4, 0.5) is 10.5 Å². The van der Waals surface area contributed by atoms with Crippen LogP contribution in [0.1, 0.15) is 31.2 Å². The molecule has 2 N–H and O–H groups in total. The molecule has 2 unspecified atom stereocenters. The number of anilines is 1. The number of methoxy groups -OCH3 is 2. The first-order chi connectivity index (χ1) is 13.5. The second-order valence-electron chi connectivity index (χ2n) is 7.47. The number of aromatic nitrogens is 1. The van der Waals surface area contributed by atoms with E-state index in [2.05, 4.69) is 10.3 Å². The monoisotopic (exact) mass is 383 g/mol. The Hall–Kier alpha value is -2.80. The van der Waals surface area contributed by atoms with Gasteiger partial charge in [-0.25, -0.2) is 4.79 Å². The molecule has 2 aromatic rings. The molecule has 0 aliphatic carbocycles. The Bertz CT molecular complexity index is 844. The lowest BCUT2D eigenvalue weighted by atomic mass is 9.81. The second-order valence-corrected chi connectivity index (χ2v) is 7.47. The molecule has 2 bridgehead atoms. The predicted molar refractivity (Wildman–Crippen MR) is 105 cm³/mol. The molecule has 148 valence electrons. The zero-order valence-corrected chi connectivity index (χ0v) is 16.1. The van der Waals surface area contributed by atoms with Gasteiger partial charge in [-0.15, -0.1) is 0 Å². The number of aliphatic hydroxyl groups is 1. The minimum atomic E-state index is -0.936. The first kappa shape index (κ1) is 18.6. The number of carbonyl (C=O) groups is 1. The van der Waals surface area contributed by atoms with E-state index in [4.69, 9.17) is 9.47 Å². The fourth-order valence-electron chi connectivity index (χ4n) is 4.51. The minimum absolute atomic E-state index is 0.00630. The number of urea groups is 1. The van der Waals surface area contributed by atoms with Crippen LogP contribution in [0.25, 0.3) is 0 Å². The van der Waals surface area contributed by atoms with Crippen molar-refractivity contribution in [3.8, 4) is 11.5 Å². The van der Waals surface area contributed by atoms with Crippen LogP contribution < -0.4 is 14.8 Å². The Morgan fingerprint density at radius 2 is 1.96 bits per heavy atom. The van der Waals surface area contributed by atoms with Gasteiger partial charge in [-0.3, -0.25) is 4.98 Å². The third-order valence-electron chi connectivity index (χ3n) is 5.85. The van der Waals surface area contributed by atoms with Crippen molar-refractivity contribution < 1.29 is 19.4 Å². The molecule has 3 heterocycles. The van der Waals surface area contributed by atoms with Crippen LogP contribution in [0.3, 0.4) is 0 Å². The van der Waals surface area contributed by atoms with Crippen molar-refractivity contribution in [2.45, 2.75) is 43.4 Å². The van der Waals surface area contributed by atoms with E-state index >= 15 is 0 Å². The Balaban J connectivity index is 1.51. The van der Waals surface area contributed by atoms with Gasteiger partial charge in [0.2, 0.25) is 0 Å². The van der Waals surface area contributed by atoms with Gasteiger partial charge in [-0.1, -0.05) is 6.07 Å². The van der Waals surface area contributed by atoms with E-state index in [1.165, 1.54) is 0 Å². The van der Waals surface area contributed by atoms with E-state index < -0.39 is 5.60 Å². The normalized spacial score (nSPS) is 26.0. The van der Waals surface area contributed by atoms with E-state index in [9.17, 15) is 9.90 Å². The van der Waals surface area contributed by atoms with Gasteiger partial charge < -0.3 is 24.8 Å². The molecule has 2 atom stereocenters. The van der Waals surface area contributed by atoms with Gasteiger partial charge in [0.25, 0.3) is 0 Å². The Morgan fingerprint density at radius 1 is 1.21 bits per heavy atom. The van der Waals surface area contributed by atoms with E-state index in [1.807, 2.05) is 17.0 Å². The number of carbonyl (C=O) groups excluding carboxylic acids is 1. The number of pyridine rings is 1. The van der Waals surface area contributed by atoms with Crippen molar-refractivity contribution in [3.63, 3.8) is 0 Å². The first-order valence-corrected chi connectivity index (χ1v) is 9.48. The molecular formula is C21H25N3O4. The average Bonchev–Trinajstić information content (AvgIpc) is 3.01. The lowest BCUT2D eigenvalue weighted by Crippen LogP contribution is -2.53. The number of nitrogens with one attached hydrogen (secondary N) is 1. The number of nitrogens with zero attached hydrogens (tertiary/aromatic N) is 2. The van der Waals surface area contributed by atoms with Crippen LogP contribution in [-0.2, 0) is 5.60 Å². The summed E-state index contributed by atoms with van der Waals surface area (Å²) < 4.78 is 10.6. The number of fused-ring (bicyclic) bond motifs is 2. The summed E-state index contributed by atoms with van der Waals surface area (Å²) in [4.78, 5) is 19.1. The number of ether oxygens (including phenoxy) is 2. The molecule has 2 saturated heterocycles. The third-order valence-corrected chi connectivity index (χ3v) is 5.85. The number of amides is 2. The molecule has 2 aliphatic rings. The number of hydrogen-bond acceptors (Lipinski definition) is 5. The lowest BCUT2D eigenvalue weighted by Gasteiger charge is -2.43. The molecule has 0 radical (unpaired) electrons. The number of benzene rings is 1. The molecule has 2 aliphatic heterocycles. The highest BCUT2D eigenvalue weighted by molar-refractivity contribution is 5.92. The van der Waals surface area contributed by atoms with E-state index in [0.29, 0.717) is 30.0 Å². The SMILES string of the molecule is COc1ccc(NC(=O)N2C3CCC2CC(O)(c2cccnc2)C3)c(OC)c1. The summed E-state index contributed by atoms with van der Waals surface area (Å²) in [6.07, 6.45) is 6.23. The van der Waals surface area contributed by atoms with Gasteiger partial charge in [0.15, 0.2) is 0 Å². The van der Waals surface area contributed by atoms with Crippen molar-refractivity contribution in [1.82, 2.24) is 9.88 Å². The third kappa shape index (κ3) is 3.26. The number of rotatable bonds is 4. The summed E-state index contributed by atoms with van der Waals surface area (Å²) in [7, 11) is 3.14. The summed E-state index contributed by atoms with van der Waals surface area (Å²) in [6.45, 7) is 0. The van der Waals surface area contributed by atoms with Crippen molar-refractivity contribution in [1.29, 1.82) is 0 Å². The maximum Gasteiger partial charge on any atom is 0.322 e. The fourth-order valence-corrected chi connectivity index (χ4v) is 4.51. The maximum absolute atomic E-state index is 13.0. The van der Waals surface area contributed by atoms with Gasteiger partial charge in [-0.2, -0.15) is 0 Å². The highest BCUT2D eigenvalue weighted by atomic mass is 16.5. The van der Waals surface area contributed by atoms with Crippen molar-refractivity contribution in [2.24, 2.45) is 0 Å². The molecule has 7 nitrogen and oxygen atoms in total. The molecule has 2 fully saturated rings. The molecule has 28 heavy (non-hydrogen) atoms. The standard InChI is InChI=1S/C21H25N3O4/c1-27-17-7-8-18(19(10-17)28-2)23-20(25)24-15-5-6-16(24)12-21(26,11-15)14-4-3-9-22-13-14/h3-4,7-10,13,15-16,26H,5-6,11-12H2,1-2H3,(H,23,25). The molecule has 4 rings (SSSR count). The highest BCUT2D eigenvalue weighted by Crippen LogP contribution is 2.46. The van der Waals surface area contributed by atoms with E-state index in [0.717, 1.165) is 18.4 Å². The molecule has 0 spiro atoms. The molecule has 0 saturated carbocycles. The quantitative estimate of drug-likeness (QED) is 0.847. The van der Waals surface area contributed by atoms with Crippen LogP contribution in [0, 0.1) is 0 Å². The summed E-state index contributed by atoms with van der Waals surface area (Å²) in [5.74, 6) is 1.21. The van der Waals surface area contributed by atoms with Gasteiger partial charge >= 0.3 is 6.03 Å². The zero-order valence-electron chi connectivity index (χ0n) is 16.1. The molecule has 1 aromatic heterocycles. The van der Waals surface area contributed by atoms with Gasteiger partial charge in [0.1, 0.15) is 11.5 Å². The van der Waals surface area contributed by atoms with Crippen molar-refractivity contribution in [3.05, 3.63) is 48.3 Å². The zero-order chi connectivity index (χ0) is 19.7. The number of piperidine rings is 1. The summed E-state index contributed by atoms with van der Waals surface area (Å²) in [6, 6.07) is 8.86. The largest absolute Gasteiger partial charge is 0.497 e. The summed E-state index contributed by atoms with van der Waals surface area (Å²) >= 11 is 0. The van der Waals surface area contributed by atoms with E-state index in [1.54, 1.807) is 44.8 Å². The maximum atomic E-state index is 13.0. The molecule has 7 heteroatoms. The average molecular weight is 383 g/mol. The van der Waals surface area contributed by atoms with Gasteiger partial charge in [-0.05, 0) is 31.0 Å². The molecule has 2 amide bonds. The topological polar surface area (TPSA) is 83.9 Å². The Morgan fingerprint density at radius 3 is 2.57 bits per heavy atom. The molecule has 1 aromatic carbocycles. The van der Waals surface area contributed by atoms with Crippen LogP contribution >= 0.6 is 0 Å². The van der Waals surface area contributed by atoms with Crippen LogP contribution in [-0.4, -0.2) is 47.3 Å². The smallest absolute Gasteiger partial charge is 0.322 e. The summed E-state index contributed by atoms with van der Waals surface area (Å²) in [5.41, 5.74) is 0.485. The van der Waals surface area contributed by atoms with Gasteiger partial charge in [0, 0.05) is 48.9 Å². The number of hydrogen-bond donors (Lipinski definition) is 2. The second kappa shape index (κ2) is 7.31. The summed E-state index contributed by atoms with van der Waals surface area (Å²) in [5, 5.41) is 14.2. The van der Waals surface area contributed by atoms with Crippen LogP contribution in [0.5, 0.6) is 11.5 Å². The minimum Gasteiger partial charge on any atom is -0.497 e. The highest BCUT2D eigenvalue weighted by Gasteiger charge is 2.50. The van der Waals surface area contributed by atoms with E-state index in [-0.39, 0.29) is 18.1 Å². The molecular weight excluding hydrogens is 358 g/mol. The lowest BCUT2D eigenvalue weighted by molar-refractivity contribution is -0.0424. The van der Waals surface area contributed by atoms with Crippen LogP contribution in [0.2, 0.25) is 0 Å². The van der Waals surface area contributed by atoms with Crippen molar-refractivity contribution >= 4 is 11.7 Å². The Kier molecular flexibility index (Phi) is 4.85. The van der Waals surface area contributed by atoms with Crippen LogP contribution in [0.15, 0.2) is 42.7 Å². The predicted octanol–water partition coefficient (Wildman–Crippen LogP) is 3.15. The Labute approximate surface area is 164 Å². The van der Waals surface area contributed by atoms with Crippen molar-refractivity contribution in [2.75, 3.05) is 19.5 Å². The first-order valence-electron chi connectivity index (χ1n) is 9.48. The van der Waals surface area contributed by atoms with Gasteiger partial charge in [0.05, 0.1) is 25.5 Å².